The smallest absolute Gasteiger partial charge is 0.338 e. The molecule has 1 N–H and O–H groups in total. The molecule has 0 saturated heterocycles. The highest BCUT2D eigenvalue weighted by atomic mass is 16.6. The fraction of sp³-hybridized carbons (Fsp3) is 0.0667. The van der Waals surface area contributed by atoms with Gasteiger partial charge in [0, 0.05) is 6.07 Å². The Labute approximate surface area is 125 Å². The maximum absolute atomic E-state index is 11.2. The third-order valence-corrected chi connectivity index (χ3v) is 2.89. The lowest BCUT2D eigenvalue weighted by Crippen LogP contribution is -2.03. The van der Waals surface area contributed by atoms with Gasteiger partial charge < -0.3 is 9.84 Å². The lowest BCUT2D eigenvalue weighted by atomic mass is 10.1. The number of benzene rings is 1. The van der Waals surface area contributed by atoms with Gasteiger partial charge in [-0.15, -0.1) is 0 Å². The summed E-state index contributed by atoms with van der Waals surface area (Å²) in [4.78, 5) is 25.0. The molecule has 1 aromatic heterocycles. The van der Waals surface area contributed by atoms with E-state index in [1.54, 1.807) is 37.5 Å². The van der Waals surface area contributed by atoms with E-state index in [1.807, 2.05) is 0 Å². The molecule has 2 rings (SSSR count). The molecule has 0 radical (unpaired) electrons. The highest BCUT2D eigenvalue weighted by Crippen LogP contribution is 2.18. The average molecular weight is 300 g/mol. The van der Waals surface area contributed by atoms with Gasteiger partial charge in [-0.25, -0.2) is 9.78 Å². The van der Waals surface area contributed by atoms with Crippen LogP contribution in [0.4, 0.5) is 5.69 Å². The van der Waals surface area contributed by atoms with Gasteiger partial charge in [0.05, 0.1) is 23.3 Å². The van der Waals surface area contributed by atoms with Gasteiger partial charge in [-0.1, -0.05) is 18.2 Å². The molecule has 0 aliphatic rings. The van der Waals surface area contributed by atoms with Crippen LogP contribution < -0.4 is 4.74 Å². The molecule has 0 aliphatic heterocycles. The molecule has 0 amide bonds. The van der Waals surface area contributed by atoms with Crippen molar-refractivity contribution in [3.8, 4) is 5.75 Å². The first kappa shape index (κ1) is 15.2. The topological polar surface area (TPSA) is 103 Å². The van der Waals surface area contributed by atoms with Gasteiger partial charge >= 0.3 is 5.97 Å². The van der Waals surface area contributed by atoms with Crippen LogP contribution in [-0.2, 0) is 0 Å². The largest absolute Gasteiger partial charge is 0.497 e. The molecular weight excluding hydrogens is 288 g/mol. The molecule has 0 unspecified atom stereocenters. The van der Waals surface area contributed by atoms with Crippen LogP contribution in [0.5, 0.6) is 5.75 Å². The molecule has 22 heavy (non-hydrogen) atoms. The number of hydrogen-bond donors (Lipinski definition) is 1. The number of nitrogens with zero attached hydrogens (tertiary/aromatic N) is 2. The van der Waals surface area contributed by atoms with Crippen molar-refractivity contribution in [1.29, 1.82) is 0 Å². The highest BCUT2D eigenvalue weighted by molar-refractivity contribution is 5.93. The first-order valence-corrected chi connectivity index (χ1v) is 6.21. The van der Waals surface area contributed by atoms with Gasteiger partial charge in [-0.3, -0.25) is 10.1 Å². The van der Waals surface area contributed by atoms with Crippen LogP contribution in [0.2, 0.25) is 0 Å². The van der Waals surface area contributed by atoms with E-state index in [1.165, 1.54) is 6.08 Å². The second-order valence-electron chi connectivity index (χ2n) is 4.30. The number of nitro groups is 1. The summed E-state index contributed by atoms with van der Waals surface area (Å²) in [5.74, 6) is -0.567. The molecular formula is C15H12N2O5. The highest BCUT2D eigenvalue weighted by Gasteiger charge is 2.15. The van der Waals surface area contributed by atoms with Crippen molar-refractivity contribution in [2.45, 2.75) is 0 Å². The maximum Gasteiger partial charge on any atom is 0.338 e. The Morgan fingerprint density at radius 2 is 2.00 bits per heavy atom. The number of pyridine rings is 1. The molecule has 2 aromatic rings. The number of methoxy groups -OCH3 is 1. The minimum absolute atomic E-state index is 0.147. The van der Waals surface area contributed by atoms with Gasteiger partial charge in [-0.2, -0.15) is 0 Å². The number of hydrogen-bond acceptors (Lipinski definition) is 5. The van der Waals surface area contributed by atoms with Crippen molar-refractivity contribution in [2.24, 2.45) is 0 Å². The fourth-order valence-electron chi connectivity index (χ4n) is 1.76. The first-order valence-electron chi connectivity index (χ1n) is 6.21. The zero-order valence-corrected chi connectivity index (χ0v) is 11.6. The maximum atomic E-state index is 11.2. The van der Waals surface area contributed by atoms with Crippen LogP contribution in [0, 0.1) is 10.1 Å². The van der Waals surface area contributed by atoms with Crippen molar-refractivity contribution in [2.75, 3.05) is 7.11 Å². The molecule has 7 heteroatoms. The quantitative estimate of drug-likeness (QED) is 0.672. The van der Waals surface area contributed by atoms with E-state index in [2.05, 4.69) is 4.98 Å². The van der Waals surface area contributed by atoms with E-state index >= 15 is 0 Å². The average Bonchev–Trinajstić information content (AvgIpc) is 2.53. The summed E-state index contributed by atoms with van der Waals surface area (Å²) in [6, 6.07) is 8.10. The van der Waals surface area contributed by atoms with Gasteiger partial charge in [0.2, 0.25) is 0 Å². The minimum atomic E-state index is -1.27. The molecule has 0 bridgehead atoms. The van der Waals surface area contributed by atoms with Crippen LogP contribution in [-0.4, -0.2) is 28.1 Å². The number of aromatic carboxylic acids is 1. The molecule has 0 aliphatic carbocycles. The van der Waals surface area contributed by atoms with Crippen LogP contribution in [0.1, 0.15) is 21.6 Å². The Hall–Kier alpha value is -3.22. The molecule has 7 nitrogen and oxygen atoms in total. The third-order valence-electron chi connectivity index (χ3n) is 2.89. The number of carboxylic acids is 1. The summed E-state index contributed by atoms with van der Waals surface area (Å²) in [5.41, 5.74) is 0.379. The standard InChI is InChI=1S/C15H12N2O5/c1-22-12-5-2-10(3-6-12)4-7-14-13(15(18)19)8-11(9-16-14)17(20)21/h2-9H,1H3,(H,18,19)/b7-4+. The van der Waals surface area contributed by atoms with Gasteiger partial charge in [0.1, 0.15) is 11.9 Å². The number of ether oxygens (including phenoxy) is 1. The molecule has 0 spiro atoms. The zero-order valence-electron chi connectivity index (χ0n) is 11.6. The summed E-state index contributed by atoms with van der Waals surface area (Å²) >= 11 is 0. The van der Waals surface area contributed by atoms with Gasteiger partial charge in [0.15, 0.2) is 0 Å². The molecule has 0 atom stereocenters. The summed E-state index contributed by atoms with van der Waals surface area (Å²) in [6.45, 7) is 0. The van der Waals surface area contributed by atoms with Crippen molar-refractivity contribution < 1.29 is 19.6 Å². The van der Waals surface area contributed by atoms with Gasteiger partial charge in [-0.05, 0) is 23.8 Å². The van der Waals surface area contributed by atoms with E-state index in [9.17, 15) is 14.9 Å². The lowest BCUT2D eigenvalue weighted by Gasteiger charge is -2.01. The lowest BCUT2D eigenvalue weighted by molar-refractivity contribution is -0.385. The Morgan fingerprint density at radius 3 is 2.55 bits per heavy atom. The van der Waals surface area contributed by atoms with Crippen LogP contribution in [0.25, 0.3) is 12.2 Å². The fourth-order valence-corrected chi connectivity index (χ4v) is 1.76. The Bertz CT molecular complexity index is 738. The second kappa shape index (κ2) is 6.49. The van der Waals surface area contributed by atoms with Crippen molar-refractivity contribution in [3.63, 3.8) is 0 Å². The van der Waals surface area contributed by atoms with E-state index in [0.29, 0.717) is 5.75 Å². The van der Waals surface area contributed by atoms with E-state index in [0.717, 1.165) is 17.8 Å². The molecule has 1 aromatic carbocycles. The van der Waals surface area contributed by atoms with E-state index < -0.39 is 10.9 Å². The van der Waals surface area contributed by atoms with Crippen molar-refractivity contribution in [1.82, 2.24) is 4.98 Å². The first-order chi connectivity index (χ1) is 10.5. The molecule has 0 saturated carbocycles. The molecule has 1 heterocycles. The van der Waals surface area contributed by atoms with Crippen molar-refractivity contribution in [3.05, 3.63) is 63.5 Å². The Balaban J connectivity index is 2.33. The number of carboxylic acid groups (broad SMARTS) is 1. The molecule has 0 fully saturated rings. The van der Waals surface area contributed by atoms with Crippen LogP contribution in [0.15, 0.2) is 36.5 Å². The number of carbonyl (C=O) groups is 1. The summed E-state index contributed by atoms with van der Waals surface area (Å²) in [6.07, 6.45) is 4.19. The van der Waals surface area contributed by atoms with E-state index in [-0.39, 0.29) is 16.9 Å². The summed E-state index contributed by atoms with van der Waals surface area (Å²) < 4.78 is 5.04. The predicted molar refractivity (Wildman–Crippen MR) is 79.8 cm³/mol. The minimum Gasteiger partial charge on any atom is -0.497 e. The Morgan fingerprint density at radius 1 is 1.32 bits per heavy atom. The predicted octanol–water partition coefficient (Wildman–Crippen LogP) is 2.87. The van der Waals surface area contributed by atoms with Crippen LogP contribution in [0.3, 0.4) is 0 Å². The molecule has 112 valence electrons. The Kier molecular flexibility index (Phi) is 4.47. The van der Waals surface area contributed by atoms with Crippen LogP contribution >= 0.6 is 0 Å². The van der Waals surface area contributed by atoms with E-state index in [4.69, 9.17) is 9.84 Å². The second-order valence-corrected chi connectivity index (χ2v) is 4.30. The number of rotatable bonds is 5. The SMILES string of the molecule is COc1ccc(/C=C/c2ncc([N+](=O)[O-])cc2C(=O)O)cc1. The third kappa shape index (κ3) is 3.45. The number of aromatic nitrogens is 1. The zero-order chi connectivity index (χ0) is 16.1. The van der Waals surface area contributed by atoms with Crippen molar-refractivity contribution >= 4 is 23.8 Å². The summed E-state index contributed by atoms with van der Waals surface area (Å²) in [7, 11) is 1.56. The summed E-state index contributed by atoms with van der Waals surface area (Å²) in [5, 5.41) is 19.8. The normalized spacial score (nSPS) is 10.6. The monoisotopic (exact) mass is 300 g/mol. The van der Waals surface area contributed by atoms with Gasteiger partial charge in [0.25, 0.3) is 5.69 Å².